The van der Waals surface area contributed by atoms with Crippen molar-refractivity contribution < 1.29 is 4.42 Å². The Balaban J connectivity index is 2.05. The molecule has 0 amide bonds. The Kier molecular flexibility index (Phi) is 4.80. The predicted octanol–water partition coefficient (Wildman–Crippen LogP) is 4.67. The highest BCUT2D eigenvalue weighted by molar-refractivity contribution is 5.33. The Morgan fingerprint density at radius 1 is 1.16 bits per heavy atom. The maximum absolute atomic E-state index is 8.54. The van der Waals surface area contributed by atoms with Crippen LogP contribution in [0.25, 0.3) is 0 Å². The molecule has 2 heteroatoms. The number of nitrogens with zero attached hydrogens (tertiary/aromatic N) is 1. The van der Waals surface area contributed by atoms with Crippen LogP contribution in [0, 0.1) is 11.3 Å². The van der Waals surface area contributed by atoms with E-state index in [0.717, 1.165) is 25.0 Å². The molecule has 0 fully saturated rings. The summed E-state index contributed by atoms with van der Waals surface area (Å²) < 4.78 is 5.60. The number of hydrogen-bond acceptors (Lipinski definition) is 2. The van der Waals surface area contributed by atoms with Crippen molar-refractivity contribution in [1.82, 2.24) is 0 Å². The van der Waals surface area contributed by atoms with Gasteiger partial charge in [-0.05, 0) is 24.5 Å². The second kappa shape index (κ2) is 6.80. The Morgan fingerprint density at radius 2 is 1.95 bits per heavy atom. The third kappa shape index (κ3) is 3.48. The van der Waals surface area contributed by atoms with Crippen LogP contribution in [0.4, 0.5) is 0 Å². The van der Waals surface area contributed by atoms with Gasteiger partial charge in [-0.3, -0.25) is 0 Å². The van der Waals surface area contributed by atoms with Crippen molar-refractivity contribution in [3.05, 3.63) is 59.5 Å². The van der Waals surface area contributed by atoms with Crippen LogP contribution in [0.1, 0.15) is 49.0 Å². The van der Waals surface area contributed by atoms with Gasteiger partial charge in [0.05, 0.1) is 12.3 Å². The quantitative estimate of drug-likeness (QED) is 0.701. The van der Waals surface area contributed by atoms with Crippen molar-refractivity contribution in [2.45, 2.75) is 38.5 Å². The maximum Gasteiger partial charge on any atom is 0.107 e. The number of aryl methyl sites for hydroxylation is 1. The number of furan rings is 1. The van der Waals surface area contributed by atoms with Gasteiger partial charge >= 0.3 is 0 Å². The summed E-state index contributed by atoms with van der Waals surface area (Å²) in [5.74, 6) is 1.42. The lowest BCUT2D eigenvalue weighted by molar-refractivity contribution is 0.492. The van der Waals surface area contributed by atoms with Crippen molar-refractivity contribution in [3.63, 3.8) is 0 Å². The molecule has 1 heterocycles. The lowest BCUT2D eigenvalue weighted by Crippen LogP contribution is -1.98. The number of rotatable bonds is 6. The van der Waals surface area contributed by atoms with Crippen LogP contribution >= 0.6 is 0 Å². The molecule has 0 saturated carbocycles. The van der Waals surface area contributed by atoms with E-state index in [2.05, 4.69) is 43.3 Å². The number of nitriles is 1. The summed E-state index contributed by atoms with van der Waals surface area (Å²) in [5.41, 5.74) is 2.57. The van der Waals surface area contributed by atoms with Crippen LogP contribution < -0.4 is 0 Å². The van der Waals surface area contributed by atoms with Crippen molar-refractivity contribution in [2.24, 2.45) is 0 Å². The van der Waals surface area contributed by atoms with E-state index < -0.39 is 0 Å². The second-order valence-electron chi connectivity index (χ2n) is 4.80. The SMILES string of the molecule is CC(c1ccccc1)c1ccoc1CCCCC#N. The molecule has 0 aliphatic heterocycles. The number of hydrogen-bond donors (Lipinski definition) is 0. The molecule has 0 N–H and O–H groups in total. The molecule has 2 nitrogen and oxygen atoms in total. The standard InChI is InChI=1S/C17H19NO/c1-14(15-8-4-2-5-9-15)16-11-13-19-17(16)10-6-3-7-12-18/h2,4-5,8-9,11,13-14H,3,6-7,10H2,1H3. The number of benzene rings is 1. The van der Waals surface area contributed by atoms with Crippen molar-refractivity contribution in [3.8, 4) is 6.07 Å². The molecule has 0 bridgehead atoms. The molecule has 1 aromatic carbocycles. The average Bonchev–Trinajstić information content (AvgIpc) is 2.92. The van der Waals surface area contributed by atoms with Gasteiger partial charge in [-0.25, -0.2) is 0 Å². The van der Waals surface area contributed by atoms with E-state index in [1.165, 1.54) is 11.1 Å². The average molecular weight is 253 g/mol. The predicted molar refractivity (Wildman–Crippen MR) is 75.8 cm³/mol. The normalized spacial score (nSPS) is 12.0. The molecular formula is C17H19NO. The first-order valence-corrected chi connectivity index (χ1v) is 6.81. The van der Waals surface area contributed by atoms with Crippen LogP contribution in [0.5, 0.6) is 0 Å². The molecule has 0 spiro atoms. The monoisotopic (exact) mass is 253 g/mol. The van der Waals surface area contributed by atoms with Gasteiger partial charge in [0.1, 0.15) is 5.76 Å². The fourth-order valence-electron chi connectivity index (χ4n) is 2.35. The molecule has 1 unspecified atom stereocenters. The van der Waals surface area contributed by atoms with E-state index in [-0.39, 0.29) is 0 Å². The summed E-state index contributed by atoms with van der Waals surface area (Å²) >= 11 is 0. The highest BCUT2D eigenvalue weighted by Crippen LogP contribution is 2.28. The van der Waals surface area contributed by atoms with E-state index in [4.69, 9.17) is 9.68 Å². The van der Waals surface area contributed by atoms with Crippen LogP contribution in [0.2, 0.25) is 0 Å². The van der Waals surface area contributed by atoms with Gasteiger partial charge in [-0.2, -0.15) is 5.26 Å². The fraction of sp³-hybridized carbons (Fsp3) is 0.353. The second-order valence-corrected chi connectivity index (χ2v) is 4.80. The first kappa shape index (κ1) is 13.4. The summed E-state index contributed by atoms with van der Waals surface area (Å²) in [4.78, 5) is 0. The van der Waals surface area contributed by atoms with Gasteiger partial charge in [0.25, 0.3) is 0 Å². The van der Waals surface area contributed by atoms with E-state index in [1.54, 1.807) is 6.26 Å². The van der Waals surface area contributed by atoms with Crippen LogP contribution in [-0.4, -0.2) is 0 Å². The van der Waals surface area contributed by atoms with Crippen LogP contribution in [0.15, 0.2) is 47.1 Å². The lowest BCUT2D eigenvalue weighted by Gasteiger charge is -2.12. The van der Waals surface area contributed by atoms with Crippen LogP contribution in [-0.2, 0) is 6.42 Å². The van der Waals surface area contributed by atoms with Crippen LogP contribution in [0.3, 0.4) is 0 Å². The third-order valence-electron chi connectivity index (χ3n) is 3.49. The molecule has 1 atom stereocenters. The zero-order valence-electron chi connectivity index (χ0n) is 11.3. The van der Waals surface area contributed by atoms with Gasteiger partial charge in [0, 0.05) is 24.3 Å². The molecule has 0 saturated heterocycles. The van der Waals surface area contributed by atoms with Crippen molar-refractivity contribution >= 4 is 0 Å². The number of unbranched alkanes of at least 4 members (excludes halogenated alkanes) is 2. The summed E-state index contributed by atoms with van der Waals surface area (Å²) in [6, 6.07) is 14.7. The molecule has 1 aromatic heterocycles. The molecule has 2 rings (SSSR count). The van der Waals surface area contributed by atoms with E-state index in [0.29, 0.717) is 12.3 Å². The van der Waals surface area contributed by atoms with Crippen molar-refractivity contribution in [2.75, 3.05) is 0 Å². The zero-order valence-corrected chi connectivity index (χ0v) is 11.3. The molecule has 2 aromatic rings. The topological polar surface area (TPSA) is 36.9 Å². The summed E-state index contributed by atoms with van der Waals surface area (Å²) in [7, 11) is 0. The van der Waals surface area contributed by atoms with Gasteiger partial charge in [0.2, 0.25) is 0 Å². The highest BCUT2D eigenvalue weighted by Gasteiger charge is 2.14. The smallest absolute Gasteiger partial charge is 0.107 e. The maximum atomic E-state index is 8.54. The summed E-state index contributed by atoms with van der Waals surface area (Å²) in [5, 5.41) is 8.54. The third-order valence-corrected chi connectivity index (χ3v) is 3.49. The molecule has 19 heavy (non-hydrogen) atoms. The largest absolute Gasteiger partial charge is 0.469 e. The molecule has 98 valence electrons. The zero-order chi connectivity index (χ0) is 13.5. The molecule has 0 aliphatic rings. The van der Waals surface area contributed by atoms with Gasteiger partial charge in [0.15, 0.2) is 0 Å². The minimum absolute atomic E-state index is 0.353. The van der Waals surface area contributed by atoms with E-state index in [1.807, 2.05) is 6.07 Å². The minimum Gasteiger partial charge on any atom is -0.469 e. The van der Waals surface area contributed by atoms with Crippen molar-refractivity contribution in [1.29, 1.82) is 5.26 Å². The molecule has 0 aliphatic carbocycles. The Bertz CT molecular complexity index is 536. The van der Waals surface area contributed by atoms with Gasteiger partial charge in [-0.1, -0.05) is 37.3 Å². The first-order valence-electron chi connectivity index (χ1n) is 6.81. The Labute approximate surface area is 114 Å². The Morgan fingerprint density at radius 3 is 2.68 bits per heavy atom. The molecular weight excluding hydrogens is 234 g/mol. The summed E-state index contributed by atoms with van der Waals surface area (Å²) in [6.07, 6.45) is 5.27. The van der Waals surface area contributed by atoms with Gasteiger partial charge in [-0.15, -0.1) is 0 Å². The first-order chi connectivity index (χ1) is 9.33. The highest BCUT2D eigenvalue weighted by atomic mass is 16.3. The molecule has 0 radical (unpaired) electrons. The lowest BCUT2D eigenvalue weighted by atomic mass is 9.92. The Hall–Kier alpha value is -2.01. The fourth-order valence-corrected chi connectivity index (χ4v) is 2.35. The van der Waals surface area contributed by atoms with E-state index in [9.17, 15) is 0 Å². The van der Waals surface area contributed by atoms with Gasteiger partial charge < -0.3 is 4.42 Å². The minimum atomic E-state index is 0.353. The summed E-state index contributed by atoms with van der Waals surface area (Å²) in [6.45, 7) is 2.21. The van der Waals surface area contributed by atoms with E-state index >= 15 is 0 Å².